The fraction of sp³-hybridized carbons (Fsp3) is 0.923. The SMILES string of the molecule is CC1(CNC(=O)C2CC23CCNCC3)COC1. The molecule has 1 unspecified atom stereocenters. The summed E-state index contributed by atoms with van der Waals surface area (Å²) in [4.78, 5) is 12.1. The van der Waals surface area contributed by atoms with E-state index in [0.29, 0.717) is 5.41 Å². The minimum absolute atomic E-state index is 0.186. The van der Waals surface area contributed by atoms with Crippen LogP contribution >= 0.6 is 0 Å². The molecule has 96 valence electrons. The van der Waals surface area contributed by atoms with Gasteiger partial charge in [0.05, 0.1) is 13.2 Å². The van der Waals surface area contributed by atoms with Crippen LogP contribution in [0, 0.1) is 16.7 Å². The molecule has 3 rings (SSSR count). The van der Waals surface area contributed by atoms with E-state index in [1.54, 1.807) is 0 Å². The molecule has 1 amide bonds. The molecule has 1 atom stereocenters. The Hall–Kier alpha value is -0.610. The van der Waals surface area contributed by atoms with Crippen molar-refractivity contribution in [3.8, 4) is 0 Å². The largest absolute Gasteiger partial charge is 0.380 e. The summed E-state index contributed by atoms with van der Waals surface area (Å²) in [7, 11) is 0. The van der Waals surface area contributed by atoms with Gasteiger partial charge < -0.3 is 15.4 Å². The standard InChI is InChI=1S/C13H22N2O2/c1-12(8-17-9-12)7-15-11(16)10-6-13(10)2-4-14-5-3-13/h10,14H,2-9H2,1H3,(H,15,16). The van der Waals surface area contributed by atoms with Gasteiger partial charge in [0, 0.05) is 17.9 Å². The summed E-state index contributed by atoms with van der Waals surface area (Å²) in [6.45, 7) is 6.67. The van der Waals surface area contributed by atoms with Crippen molar-refractivity contribution in [3.63, 3.8) is 0 Å². The van der Waals surface area contributed by atoms with E-state index in [1.165, 1.54) is 12.8 Å². The lowest BCUT2D eigenvalue weighted by Crippen LogP contribution is -2.49. The van der Waals surface area contributed by atoms with E-state index in [1.807, 2.05) is 0 Å². The van der Waals surface area contributed by atoms with Gasteiger partial charge in [0.1, 0.15) is 0 Å². The molecule has 4 nitrogen and oxygen atoms in total. The molecule has 0 aromatic heterocycles. The topological polar surface area (TPSA) is 50.4 Å². The first-order chi connectivity index (χ1) is 8.14. The lowest BCUT2D eigenvalue weighted by Gasteiger charge is -2.38. The lowest BCUT2D eigenvalue weighted by atomic mass is 9.88. The maximum atomic E-state index is 12.1. The smallest absolute Gasteiger partial charge is 0.223 e. The first-order valence-electron chi connectivity index (χ1n) is 6.70. The van der Waals surface area contributed by atoms with Crippen molar-refractivity contribution in [2.24, 2.45) is 16.7 Å². The summed E-state index contributed by atoms with van der Waals surface area (Å²) in [5, 5.41) is 6.49. The van der Waals surface area contributed by atoms with Gasteiger partial charge in [-0.2, -0.15) is 0 Å². The van der Waals surface area contributed by atoms with Gasteiger partial charge in [-0.3, -0.25) is 4.79 Å². The molecule has 1 aliphatic carbocycles. The number of ether oxygens (including phenoxy) is 1. The molecule has 0 bridgehead atoms. The van der Waals surface area contributed by atoms with Crippen molar-refractivity contribution in [1.82, 2.24) is 10.6 Å². The third kappa shape index (κ3) is 2.08. The molecule has 0 aromatic rings. The van der Waals surface area contributed by atoms with Crippen molar-refractivity contribution in [2.45, 2.75) is 26.2 Å². The minimum Gasteiger partial charge on any atom is -0.380 e. The normalized spacial score (nSPS) is 32.9. The molecule has 3 aliphatic rings. The van der Waals surface area contributed by atoms with E-state index >= 15 is 0 Å². The Labute approximate surface area is 102 Å². The average Bonchev–Trinajstić information content (AvgIpc) is 2.98. The van der Waals surface area contributed by atoms with Gasteiger partial charge in [-0.1, -0.05) is 6.92 Å². The Morgan fingerprint density at radius 2 is 2.12 bits per heavy atom. The molecule has 2 N–H and O–H groups in total. The molecule has 0 radical (unpaired) electrons. The van der Waals surface area contributed by atoms with Crippen molar-refractivity contribution in [2.75, 3.05) is 32.8 Å². The van der Waals surface area contributed by atoms with Crippen molar-refractivity contribution in [1.29, 1.82) is 0 Å². The highest BCUT2D eigenvalue weighted by molar-refractivity contribution is 5.82. The van der Waals surface area contributed by atoms with Gasteiger partial charge >= 0.3 is 0 Å². The first-order valence-corrected chi connectivity index (χ1v) is 6.70. The van der Waals surface area contributed by atoms with Crippen LogP contribution in [0.25, 0.3) is 0 Å². The Balaban J connectivity index is 1.47. The molecular weight excluding hydrogens is 216 g/mol. The second-order valence-corrected chi connectivity index (χ2v) is 6.39. The summed E-state index contributed by atoms with van der Waals surface area (Å²) < 4.78 is 5.20. The number of hydrogen-bond donors (Lipinski definition) is 2. The summed E-state index contributed by atoms with van der Waals surface area (Å²) in [6.07, 6.45) is 3.45. The molecule has 2 aliphatic heterocycles. The second kappa shape index (κ2) is 3.95. The Morgan fingerprint density at radius 1 is 1.41 bits per heavy atom. The van der Waals surface area contributed by atoms with Gasteiger partial charge in [-0.25, -0.2) is 0 Å². The zero-order valence-electron chi connectivity index (χ0n) is 10.6. The fourth-order valence-electron chi connectivity index (χ4n) is 3.17. The number of nitrogens with one attached hydrogen (secondary N) is 2. The highest BCUT2D eigenvalue weighted by Crippen LogP contribution is 2.58. The monoisotopic (exact) mass is 238 g/mol. The molecule has 0 aromatic carbocycles. The molecule has 17 heavy (non-hydrogen) atoms. The van der Waals surface area contributed by atoms with Crippen LogP contribution < -0.4 is 10.6 Å². The number of piperidine rings is 1. The third-order valence-corrected chi connectivity index (χ3v) is 4.70. The molecule has 2 heterocycles. The van der Waals surface area contributed by atoms with Crippen LogP contribution in [0.15, 0.2) is 0 Å². The maximum Gasteiger partial charge on any atom is 0.223 e. The molecular formula is C13H22N2O2. The predicted molar refractivity (Wildman–Crippen MR) is 64.6 cm³/mol. The Bertz CT molecular complexity index is 319. The minimum atomic E-state index is 0.186. The number of carbonyl (C=O) groups is 1. The van der Waals surface area contributed by atoms with Gasteiger partial charge in [-0.15, -0.1) is 0 Å². The molecule has 4 heteroatoms. The van der Waals surface area contributed by atoms with Crippen LogP contribution in [0.5, 0.6) is 0 Å². The van der Waals surface area contributed by atoms with E-state index < -0.39 is 0 Å². The number of rotatable bonds is 3. The maximum absolute atomic E-state index is 12.1. The quantitative estimate of drug-likeness (QED) is 0.754. The van der Waals surface area contributed by atoms with Crippen LogP contribution in [0.1, 0.15) is 26.2 Å². The molecule has 1 spiro atoms. The van der Waals surface area contributed by atoms with Crippen LogP contribution in [0.2, 0.25) is 0 Å². The highest BCUT2D eigenvalue weighted by atomic mass is 16.5. The van der Waals surface area contributed by atoms with E-state index in [-0.39, 0.29) is 17.2 Å². The van der Waals surface area contributed by atoms with E-state index in [4.69, 9.17) is 4.74 Å². The van der Waals surface area contributed by atoms with Crippen LogP contribution in [0.4, 0.5) is 0 Å². The Kier molecular flexibility index (Phi) is 2.67. The van der Waals surface area contributed by atoms with E-state index in [0.717, 1.165) is 39.3 Å². The van der Waals surface area contributed by atoms with E-state index in [9.17, 15) is 4.79 Å². The van der Waals surface area contributed by atoms with Crippen LogP contribution in [-0.4, -0.2) is 38.8 Å². The number of hydrogen-bond acceptors (Lipinski definition) is 3. The highest BCUT2D eigenvalue weighted by Gasteiger charge is 2.57. The lowest BCUT2D eigenvalue weighted by molar-refractivity contribution is -0.128. The fourth-order valence-corrected chi connectivity index (χ4v) is 3.17. The predicted octanol–water partition coefficient (Wildman–Crippen LogP) is 0.529. The Morgan fingerprint density at radius 3 is 2.71 bits per heavy atom. The second-order valence-electron chi connectivity index (χ2n) is 6.39. The van der Waals surface area contributed by atoms with Gasteiger partial charge in [0.2, 0.25) is 5.91 Å². The molecule has 2 saturated heterocycles. The summed E-state index contributed by atoms with van der Waals surface area (Å²) >= 11 is 0. The summed E-state index contributed by atoms with van der Waals surface area (Å²) in [5.74, 6) is 0.564. The van der Waals surface area contributed by atoms with Crippen molar-refractivity contribution >= 4 is 5.91 Å². The third-order valence-electron chi connectivity index (χ3n) is 4.70. The summed E-state index contributed by atoms with van der Waals surface area (Å²) in [5.41, 5.74) is 0.540. The number of carbonyl (C=O) groups excluding carboxylic acids is 1. The first kappa shape index (κ1) is 11.5. The molecule has 1 saturated carbocycles. The van der Waals surface area contributed by atoms with Crippen molar-refractivity contribution < 1.29 is 9.53 Å². The van der Waals surface area contributed by atoms with Crippen molar-refractivity contribution in [3.05, 3.63) is 0 Å². The van der Waals surface area contributed by atoms with E-state index in [2.05, 4.69) is 17.6 Å². The number of amides is 1. The van der Waals surface area contributed by atoms with Crippen LogP contribution in [0.3, 0.4) is 0 Å². The van der Waals surface area contributed by atoms with Gasteiger partial charge in [-0.05, 0) is 37.8 Å². The van der Waals surface area contributed by atoms with Gasteiger partial charge in [0.15, 0.2) is 0 Å². The zero-order chi connectivity index (χ0) is 11.9. The molecule has 3 fully saturated rings. The van der Waals surface area contributed by atoms with Crippen LogP contribution in [-0.2, 0) is 9.53 Å². The summed E-state index contributed by atoms with van der Waals surface area (Å²) in [6, 6.07) is 0. The zero-order valence-corrected chi connectivity index (χ0v) is 10.6. The average molecular weight is 238 g/mol. The van der Waals surface area contributed by atoms with Gasteiger partial charge in [0.25, 0.3) is 0 Å².